The predicted molar refractivity (Wildman–Crippen MR) is 106 cm³/mol. The zero-order chi connectivity index (χ0) is 17.3. The Balaban J connectivity index is 1.94. The fraction of sp³-hybridized carbons (Fsp3) is 0.217. The first-order valence-corrected chi connectivity index (χ1v) is 10.7. The second-order valence-electron chi connectivity index (χ2n) is 7.10. The highest BCUT2D eigenvalue weighted by Gasteiger charge is 2.56. The number of hydrogen-bond donors (Lipinski definition) is 0. The van der Waals surface area contributed by atoms with Crippen LogP contribution in [0.5, 0.6) is 0 Å². The molecule has 0 aliphatic carbocycles. The molecule has 1 aliphatic heterocycles. The largest absolute Gasteiger partial charge is 0.317 e. The third-order valence-electron chi connectivity index (χ3n) is 5.80. The van der Waals surface area contributed by atoms with Crippen molar-refractivity contribution in [3.05, 3.63) is 102 Å². The van der Waals surface area contributed by atoms with Crippen LogP contribution in [0.3, 0.4) is 0 Å². The lowest BCUT2D eigenvalue weighted by Crippen LogP contribution is -2.24. The molecule has 126 valence electrons. The van der Waals surface area contributed by atoms with Gasteiger partial charge in [-0.05, 0) is 30.9 Å². The zero-order valence-corrected chi connectivity index (χ0v) is 15.4. The first-order chi connectivity index (χ1) is 12.2. The molecule has 3 atom stereocenters. The van der Waals surface area contributed by atoms with Gasteiger partial charge < -0.3 is 4.57 Å². The maximum atomic E-state index is 14.8. The Kier molecular flexibility index (Phi) is 4.13. The lowest BCUT2D eigenvalue weighted by atomic mass is 9.94. The molecule has 0 aromatic heterocycles. The van der Waals surface area contributed by atoms with E-state index in [0.717, 1.165) is 18.1 Å². The minimum Gasteiger partial charge on any atom is -0.317 e. The Bertz CT molecular complexity index is 889. The Labute approximate surface area is 150 Å². The maximum Gasteiger partial charge on any atom is 0.132 e. The molecule has 0 saturated carbocycles. The van der Waals surface area contributed by atoms with Crippen molar-refractivity contribution >= 4 is 12.4 Å². The summed E-state index contributed by atoms with van der Waals surface area (Å²) in [6, 6.07) is 31.0. The van der Waals surface area contributed by atoms with Crippen LogP contribution in [0.1, 0.15) is 36.6 Å². The van der Waals surface area contributed by atoms with Gasteiger partial charge in [-0.3, -0.25) is 0 Å². The summed E-state index contributed by atoms with van der Waals surface area (Å²) in [6.45, 7) is 2.21. The molecular formula is C23H23OP. The van der Waals surface area contributed by atoms with Gasteiger partial charge in [0.05, 0.1) is 5.16 Å². The highest BCUT2D eigenvalue weighted by Crippen LogP contribution is 2.78. The van der Waals surface area contributed by atoms with Crippen molar-refractivity contribution in [3.8, 4) is 0 Å². The Hall–Kier alpha value is -2.11. The van der Waals surface area contributed by atoms with Crippen LogP contribution in [0.4, 0.5) is 0 Å². The molecule has 1 aliphatic rings. The van der Waals surface area contributed by atoms with Crippen molar-refractivity contribution in [1.29, 1.82) is 0 Å². The van der Waals surface area contributed by atoms with Crippen molar-refractivity contribution in [1.82, 2.24) is 0 Å². The molecule has 0 radical (unpaired) electrons. The molecule has 0 spiro atoms. The van der Waals surface area contributed by atoms with E-state index >= 15 is 0 Å². The number of rotatable bonds is 3. The molecule has 1 heterocycles. The summed E-state index contributed by atoms with van der Waals surface area (Å²) in [5.41, 5.74) is 2.48. The van der Waals surface area contributed by atoms with Crippen molar-refractivity contribution in [2.24, 2.45) is 0 Å². The number of benzene rings is 3. The minimum atomic E-state index is -2.70. The lowest BCUT2D eigenvalue weighted by Gasteiger charge is -2.36. The average Bonchev–Trinajstić information content (AvgIpc) is 2.97. The molecule has 3 aromatic carbocycles. The SMILES string of the molecule is C[C@]1(c2ccccc2)CC[C@@H](c2ccccc2)P1(=O)c1ccccc1. The van der Waals surface area contributed by atoms with E-state index in [2.05, 4.69) is 67.6 Å². The smallest absolute Gasteiger partial charge is 0.132 e. The normalized spacial score (nSPS) is 28.8. The highest BCUT2D eigenvalue weighted by atomic mass is 31.2. The molecule has 1 saturated heterocycles. The Morgan fingerprint density at radius 2 is 1.32 bits per heavy atom. The van der Waals surface area contributed by atoms with Gasteiger partial charge >= 0.3 is 0 Å². The Morgan fingerprint density at radius 3 is 1.92 bits per heavy atom. The first kappa shape index (κ1) is 16.4. The van der Waals surface area contributed by atoms with Gasteiger partial charge in [-0.2, -0.15) is 0 Å². The van der Waals surface area contributed by atoms with Crippen LogP contribution in [0.15, 0.2) is 91.0 Å². The van der Waals surface area contributed by atoms with E-state index < -0.39 is 7.14 Å². The van der Waals surface area contributed by atoms with Crippen LogP contribution in [-0.4, -0.2) is 0 Å². The molecule has 4 rings (SSSR count). The maximum absolute atomic E-state index is 14.8. The van der Waals surface area contributed by atoms with Gasteiger partial charge in [0.25, 0.3) is 0 Å². The predicted octanol–water partition coefficient (Wildman–Crippen LogP) is 6.13. The second-order valence-corrected chi connectivity index (χ2v) is 10.5. The summed E-state index contributed by atoms with van der Waals surface area (Å²) in [6.07, 6.45) is 1.91. The van der Waals surface area contributed by atoms with E-state index in [1.165, 1.54) is 11.1 Å². The van der Waals surface area contributed by atoms with Gasteiger partial charge in [0, 0.05) is 11.0 Å². The van der Waals surface area contributed by atoms with E-state index in [1.54, 1.807) is 0 Å². The molecule has 0 bridgehead atoms. The molecule has 1 nitrogen and oxygen atoms in total. The van der Waals surface area contributed by atoms with Crippen molar-refractivity contribution < 1.29 is 4.57 Å². The third kappa shape index (κ3) is 2.50. The van der Waals surface area contributed by atoms with Crippen LogP contribution in [0.25, 0.3) is 0 Å². The van der Waals surface area contributed by atoms with E-state index in [9.17, 15) is 4.57 Å². The lowest BCUT2D eigenvalue weighted by molar-refractivity contribution is 0.548. The summed E-state index contributed by atoms with van der Waals surface area (Å²) in [4.78, 5) is 0. The molecule has 1 unspecified atom stereocenters. The molecule has 0 N–H and O–H groups in total. The van der Waals surface area contributed by atoms with E-state index in [-0.39, 0.29) is 10.8 Å². The van der Waals surface area contributed by atoms with Crippen LogP contribution < -0.4 is 5.30 Å². The zero-order valence-electron chi connectivity index (χ0n) is 14.5. The molecular weight excluding hydrogens is 323 g/mol. The van der Waals surface area contributed by atoms with Crippen molar-refractivity contribution in [3.63, 3.8) is 0 Å². The summed E-state index contributed by atoms with van der Waals surface area (Å²) in [5.74, 6) is 0. The van der Waals surface area contributed by atoms with Crippen LogP contribution in [0.2, 0.25) is 0 Å². The molecule has 1 fully saturated rings. The summed E-state index contributed by atoms with van der Waals surface area (Å²) in [7, 11) is -2.70. The number of hydrogen-bond acceptors (Lipinski definition) is 1. The summed E-state index contributed by atoms with van der Waals surface area (Å²) >= 11 is 0. The quantitative estimate of drug-likeness (QED) is 0.522. The van der Waals surface area contributed by atoms with Crippen molar-refractivity contribution in [2.45, 2.75) is 30.6 Å². The van der Waals surface area contributed by atoms with Gasteiger partial charge in [-0.15, -0.1) is 0 Å². The topological polar surface area (TPSA) is 17.1 Å². The monoisotopic (exact) mass is 346 g/mol. The standard InChI is InChI=1S/C23H23OP/c1-23(20-13-7-3-8-14-20)18-17-22(19-11-5-2-6-12-19)25(23,24)21-15-9-4-10-16-21/h2-16,22H,17-18H2,1H3/t22-,23+,25?/m0/s1. The molecule has 3 aromatic rings. The van der Waals surface area contributed by atoms with Gasteiger partial charge in [0.15, 0.2) is 0 Å². The average molecular weight is 346 g/mol. The van der Waals surface area contributed by atoms with E-state index in [4.69, 9.17) is 0 Å². The van der Waals surface area contributed by atoms with Crippen LogP contribution >= 0.6 is 7.14 Å². The van der Waals surface area contributed by atoms with Crippen molar-refractivity contribution in [2.75, 3.05) is 0 Å². The second kappa shape index (κ2) is 6.32. The molecule has 0 amide bonds. The highest BCUT2D eigenvalue weighted by molar-refractivity contribution is 7.73. The summed E-state index contributed by atoms with van der Waals surface area (Å²) < 4.78 is 14.8. The van der Waals surface area contributed by atoms with Gasteiger partial charge in [0.2, 0.25) is 0 Å². The van der Waals surface area contributed by atoms with E-state index in [1.807, 2.05) is 30.3 Å². The van der Waals surface area contributed by atoms with Gasteiger partial charge in [-0.1, -0.05) is 91.0 Å². The van der Waals surface area contributed by atoms with E-state index in [0.29, 0.717) is 0 Å². The Morgan fingerprint density at radius 1 is 0.800 bits per heavy atom. The van der Waals surface area contributed by atoms with Crippen LogP contribution in [0, 0.1) is 0 Å². The fourth-order valence-corrected chi connectivity index (χ4v) is 8.72. The molecule has 2 heteroatoms. The van der Waals surface area contributed by atoms with Gasteiger partial charge in [-0.25, -0.2) is 0 Å². The fourth-order valence-electron chi connectivity index (χ4n) is 4.41. The third-order valence-corrected chi connectivity index (χ3v) is 10.2. The van der Waals surface area contributed by atoms with Gasteiger partial charge in [0.1, 0.15) is 7.14 Å². The first-order valence-electron chi connectivity index (χ1n) is 8.92. The molecule has 25 heavy (non-hydrogen) atoms. The summed E-state index contributed by atoms with van der Waals surface area (Å²) in [5, 5.41) is 0.684. The minimum absolute atomic E-state index is 0.0845. The van der Waals surface area contributed by atoms with Crippen LogP contribution in [-0.2, 0) is 9.72 Å².